The fourth-order valence-electron chi connectivity index (χ4n) is 2.94. The molecule has 1 aromatic heterocycles. The molecule has 0 bridgehead atoms. The van der Waals surface area contributed by atoms with Gasteiger partial charge in [0.25, 0.3) is 5.91 Å². The lowest BCUT2D eigenvalue weighted by atomic mass is 10.1. The van der Waals surface area contributed by atoms with Crippen molar-refractivity contribution in [2.75, 3.05) is 32.1 Å². The smallest absolute Gasteiger partial charge is 0.260 e. The van der Waals surface area contributed by atoms with Crippen LogP contribution < -0.4 is 9.80 Å². The largest absolute Gasteiger partial charge is 0.340 e. The maximum atomic E-state index is 13.6. The van der Waals surface area contributed by atoms with E-state index in [1.54, 1.807) is 17.0 Å². The molecule has 4 nitrogen and oxygen atoms in total. The van der Waals surface area contributed by atoms with Crippen molar-refractivity contribution in [1.29, 1.82) is 0 Å². The molecule has 6 heteroatoms. The number of amides is 1. The molecule has 0 atom stereocenters. The van der Waals surface area contributed by atoms with Crippen LogP contribution in [0.25, 0.3) is 10.2 Å². The zero-order chi connectivity index (χ0) is 19.6. The number of carbonyl (C=O) groups is 1. The average Bonchev–Trinajstić information content (AvgIpc) is 3.00. The number of quaternary nitrogens is 1. The molecule has 0 aliphatic heterocycles. The van der Waals surface area contributed by atoms with Gasteiger partial charge in [0.15, 0.2) is 5.13 Å². The normalized spacial score (nSPS) is 11.3. The Hall–Kier alpha value is -2.31. The van der Waals surface area contributed by atoms with Gasteiger partial charge in [-0.15, -0.1) is 0 Å². The summed E-state index contributed by atoms with van der Waals surface area (Å²) < 4.78 is 14.7. The molecule has 0 spiro atoms. The van der Waals surface area contributed by atoms with Gasteiger partial charge in [-0.1, -0.05) is 17.4 Å². The molecule has 1 N–H and O–H groups in total. The highest BCUT2D eigenvalue weighted by atomic mass is 32.1. The molecule has 0 unspecified atom stereocenters. The van der Waals surface area contributed by atoms with Crippen LogP contribution in [0.2, 0.25) is 0 Å². The number of rotatable bonds is 6. The minimum atomic E-state index is -0.408. The summed E-state index contributed by atoms with van der Waals surface area (Å²) in [5.74, 6) is -0.621. The highest BCUT2D eigenvalue weighted by Crippen LogP contribution is 2.31. The second-order valence-electron chi connectivity index (χ2n) is 7.18. The molecular weight excluding hydrogens is 361 g/mol. The van der Waals surface area contributed by atoms with E-state index in [2.05, 4.69) is 40.1 Å². The molecule has 0 radical (unpaired) electrons. The number of nitrogens with one attached hydrogen (secondary N) is 1. The summed E-state index contributed by atoms with van der Waals surface area (Å²) in [5.41, 5.74) is 3.63. The van der Waals surface area contributed by atoms with E-state index in [1.165, 1.54) is 39.5 Å². The van der Waals surface area contributed by atoms with Crippen molar-refractivity contribution in [2.24, 2.45) is 0 Å². The van der Waals surface area contributed by atoms with Crippen LogP contribution >= 0.6 is 11.3 Å². The molecule has 27 heavy (non-hydrogen) atoms. The third-order valence-electron chi connectivity index (χ3n) is 4.60. The number of anilines is 1. The number of carbonyl (C=O) groups excluding carboxylic acids is 1. The van der Waals surface area contributed by atoms with E-state index in [1.807, 2.05) is 0 Å². The minimum Gasteiger partial charge on any atom is -0.340 e. The van der Waals surface area contributed by atoms with E-state index >= 15 is 0 Å². The third-order valence-corrected chi connectivity index (χ3v) is 5.64. The van der Waals surface area contributed by atoms with Crippen molar-refractivity contribution in [3.63, 3.8) is 0 Å². The van der Waals surface area contributed by atoms with Crippen LogP contribution in [0.4, 0.5) is 9.52 Å². The lowest BCUT2D eigenvalue weighted by Crippen LogP contribution is -3.05. The molecule has 2 aromatic carbocycles. The van der Waals surface area contributed by atoms with E-state index in [4.69, 9.17) is 4.98 Å². The summed E-state index contributed by atoms with van der Waals surface area (Å²) in [4.78, 5) is 20.8. The molecule has 0 aliphatic carbocycles. The van der Waals surface area contributed by atoms with E-state index < -0.39 is 5.82 Å². The summed E-state index contributed by atoms with van der Waals surface area (Å²) in [6.07, 6.45) is 0.845. The summed E-state index contributed by atoms with van der Waals surface area (Å²) >= 11 is 1.51. The Labute approximate surface area is 163 Å². The molecule has 3 rings (SSSR count). The fourth-order valence-corrected chi connectivity index (χ4v) is 4.01. The van der Waals surface area contributed by atoms with Crippen LogP contribution in [0.1, 0.15) is 27.9 Å². The number of thiazole rings is 1. The summed E-state index contributed by atoms with van der Waals surface area (Å²) in [7, 11) is 4.17. The standard InChI is InChI=1S/C21H24FN3OS/c1-14-11-18-19(12-15(14)2)27-21(23-18)25(10-6-9-24(3)4)20(26)16-7-5-8-17(22)13-16/h5,7-8,11-13H,6,9-10H2,1-4H3/p+1. The van der Waals surface area contributed by atoms with Gasteiger partial charge in [0, 0.05) is 18.5 Å². The van der Waals surface area contributed by atoms with Crippen LogP contribution in [-0.4, -0.2) is 38.1 Å². The predicted molar refractivity (Wildman–Crippen MR) is 109 cm³/mol. The topological polar surface area (TPSA) is 37.6 Å². The molecule has 3 aromatic rings. The Morgan fingerprint density at radius 2 is 1.93 bits per heavy atom. The first kappa shape index (κ1) is 19.5. The van der Waals surface area contributed by atoms with Crippen LogP contribution in [0, 0.1) is 19.7 Å². The van der Waals surface area contributed by atoms with Gasteiger partial charge >= 0.3 is 0 Å². The second kappa shape index (κ2) is 8.15. The quantitative estimate of drug-likeness (QED) is 0.706. The zero-order valence-corrected chi connectivity index (χ0v) is 17.0. The summed E-state index contributed by atoms with van der Waals surface area (Å²) in [6.45, 7) is 5.63. The van der Waals surface area contributed by atoms with Crippen molar-refractivity contribution in [3.8, 4) is 0 Å². The number of hydrogen-bond acceptors (Lipinski definition) is 3. The molecule has 142 valence electrons. The van der Waals surface area contributed by atoms with Gasteiger partial charge in [-0.3, -0.25) is 9.69 Å². The zero-order valence-electron chi connectivity index (χ0n) is 16.2. The monoisotopic (exact) mass is 386 g/mol. The van der Waals surface area contributed by atoms with Crippen LogP contribution in [-0.2, 0) is 0 Å². The predicted octanol–water partition coefficient (Wildman–Crippen LogP) is 3.23. The maximum absolute atomic E-state index is 13.6. The number of benzene rings is 2. The molecule has 0 saturated heterocycles. The molecule has 0 saturated carbocycles. The van der Waals surface area contributed by atoms with Gasteiger partial charge < -0.3 is 4.90 Å². The second-order valence-corrected chi connectivity index (χ2v) is 8.19. The van der Waals surface area contributed by atoms with Crippen molar-refractivity contribution in [1.82, 2.24) is 4.98 Å². The maximum Gasteiger partial charge on any atom is 0.260 e. The molecular formula is C21H25FN3OS+. The molecule has 0 fully saturated rings. The van der Waals surface area contributed by atoms with Crippen molar-refractivity contribution >= 4 is 32.6 Å². The number of fused-ring (bicyclic) bond motifs is 1. The Balaban J connectivity index is 1.97. The number of hydrogen-bond donors (Lipinski definition) is 1. The van der Waals surface area contributed by atoms with E-state index in [9.17, 15) is 9.18 Å². The van der Waals surface area contributed by atoms with Gasteiger partial charge in [0.2, 0.25) is 0 Å². The third kappa shape index (κ3) is 4.51. The number of aryl methyl sites for hydroxylation is 2. The van der Waals surface area contributed by atoms with Crippen LogP contribution in [0.3, 0.4) is 0 Å². The Kier molecular flexibility index (Phi) is 5.87. The molecule has 1 heterocycles. The summed E-state index contributed by atoms with van der Waals surface area (Å²) in [6, 6.07) is 10.0. The van der Waals surface area contributed by atoms with E-state index in [-0.39, 0.29) is 5.91 Å². The SMILES string of the molecule is Cc1cc2nc(N(CCC[NH+](C)C)C(=O)c3cccc(F)c3)sc2cc1C. The Morgan fingerprint density at radius 3 is 2.63 bits per heavy atom. The van der Waals surface area contributed by atoms with Gasteiger partial charge in [-0.2, -0.15) is 0 Å². The van der Waals surface area contributed by atoms with E-state index in [0.29, 0.717) is 17.2 Å². The van der Waals surface area contributed by atoms with Crippen molar-refractivity contribution < 1.29 is 14.1 Å². The Morgan fingerprint density at radius 1 is 1.19 bits per heavy atom. The van der Waals surface area contributed by atoms with Crippen LogP contribution in [0.15, 0.2) is 36.4 Å². The number of halogens is 1. The first-order valence-electron chi connectivity index (χ1n) is 9.09. The van der Waals surface area contributed by atoms with Gasteiger partial charge in [-0.25, -0.2) is 9.37 Å². The first-order chi connectivity index (χ1) is 12.8. The van der Waals surface area contributed by atoms with E-state index in [0.717, 1.165) is 23.2 Å². The fraction of sp³-hybridized carbons (Fsp3) is 0.333. The Bertz CT molecular complexity index is 928. The van der Waals surface area contributed by atoms with Gasteiger partial charge in [0.05, 0.1) is 30.9 Å². The highest BCUT2D eigenvalue weighted by molar-refractivity contribution is 7.22. The number of nitrogens with zero attached hydrogens (tertiary/aromatic N) is 2. The first-order valence-corrected chi connectivity index (χ1v) is 9.91. The lowest BCUT2D eigenvalue weighted by Gasteiger charge is -2.20. The minimum absolute atomic E-state index is 0.212. The van der Waals surface area contributed by atoms with Gasteiger partial charge in [-0.05, 0) is 55.3 Å². The lowest BCUT2D eigenvalue weighted by molar-refractivity contribution is -0.858. The average molecular weight is 387 g/mol. The van der Waals surface area contributed by atoms with Crippen molar-refractivity contribution in [3.05, 3.63) is 58.9 Å². The van der Waals surface area contributed by atoms with Crippen molar-refractivity contribution in [2.45, 2.75) is 20.3 Å². The number of aromatic nitrogens is 1. The van der Waals surface area contributed by atoms with Gasteiger partial charge in [0.1, 0.15) is 5.82 Å². The molecule has 0 aliphatic rings. The highest BCUT2D eigenvalue weighted by Gasteiger charge is 2.22. The molecule has 1 amide bonds. The van der Waals surface area contributed by atoms with Crippen LogP contribution in [0.5, 0.6) is 0 Å². The summed E-state index contributed by atoms with van der Waals surface area (Å²) in [5, 5.41) is 0.665.